The van der Waals surface area contributed by atoms with E-state index in [1.807, 2.05) is 24.3 Å². The van der Waals surface area contributed by atoms with E-state index in [-0.39, 0.29) is 5.91 Å². The maximum atomic E-state index is 12.5. The van der Waals surface area contributed by atoms with Gasteiger partial charge in [-0.25, -0.2) is 9.97 Å². The Hall–Kier alpha value is -2.96. The monoisotopic (exact) mass is 353 g/mol. The van der Waals surface area contributed by atoms with Crippen LogP contribution < -0.4 is 10.2 Å². The van der Waals surface area contributed by atoms with Crippen molar-refractivity contribution in [2.45, 2.75) is 19.8 Å². The summed E-state index contributed by atoms with van der Waals surface area (Å²) >= 11 is 0. The third-order valence-electron chi connectivity index (χ3n) is 4.51. The average Bonchev–Trinajstić information content (AvgIpc) is 2.68. The van der Waals surface area contributed by atoms with E-state index in [1.54, 1.807) is 11.0 Å². The second kappa shape index (κ2) is 7.95. The number of carbonyl (C=O) groups excluding carboxylic acids is 2. The molecule has 0 spiro atoms. The first-order valence-corrected chi connectivity index (χ1v) is 8.74. The Balaban J connectivity index is 1.67. The van der Waals surface area contributed by atoms with Crippen LogP contribution in [-0.4, -0.2) is 53.4 Å². The number of amides is 2. The van der Waals surface area contributed by atoms with Gasteiger partial charge in [0.1, 0.15) is 17.8 Å². The molecule has 7 nitrogen and oxygen atoms in total. The molecule has 1 N–H and O–H groups in total. The van der Waals surface area contributed by atoms with Crippen molar-refractivity contribution in [3.8, 4) is 0 Å². The van der Waals surface area contributed by atoms with Crippen molar-refractivity contribution in [3.05, 3.63) is 47.9 Å². The van der Waals surface area contributed by atoms with Crippen LogP contribution in [0.25, 0.3) is 0 Å². The van der Waals surface area contributed by atoms with Gasteiger partial charge in [0, 0.05) is 37.9 Å². The summed E-state index contributed by atoms with van der Waals surface area (Å²) in [4.78, 5) is 35.4. The van der Waals surface area contributed by atoms with Crippen molar-refractivity contribution in [1.29, 1.82) is 0 Å². The first-order valence-electron chi connectivity index (χ1n) is 8.74. The lowest BCUT2D eigenvalue weighted by Gasteiger charge is -2.33. The van der Waals surface area contributed by atoms with E-state index in [1.165, 1.54) is 11.9 Å². The van der Waals surface area contributed by atoms with Gasteiger partial charge >= 0.3 is 0 Å². The molecule has 2 heterocycles. The number of hydrogen-bond acceptors (Lipinski definition) is 5. The molecule has 1 aliphatic rings. The highest BCUT2D eigenvalue weighted by atomic mass is 16.2. The number of nitrogens with zero attached hydrogens (tertiary/aromatic N) is 4. The molecule has 1 aromatic carbocycles. The molecule has 0 saturated carbocycles. The van der Waals surface area contributed by atoms with Gasteiger partial charge in [0.05, 0.1) is 0 Å². The van der Waals surface area contributed by atoms with Crippen LogP contribution in [0.2, 0.25) is 0 Å². The van der Waals surface area contributed by atoms with Crippen LogP contribution in [0.5, 0.6) is 0 Å². The molecule has 1 saturated heterocycles. The Morgan fingerprint density at radius 2 is 1.81 bits per heavy atom. The zero-order chi connectivity index (χ0) is 18.5. The SMILES string of the molecule is CC(C)c1ccc(NC(=O)c2cc(N3CCN(C=O)CC3)ncn2)cc1. The van der Waals surface area contributed by atoms with Gasteiger partial charge in [-0.1, -0.05) is 26.0 Å². The summed E-state index contributed by atoms with van der Waals surface area (Å²) in [6.07, 6.45) is 2.26. The first kappa shape index (κ1) is 17.8. The fraction of sp³-hybridized carbons (Fsp3) is 0.368. The lowest BCUT2D eigenvalue weighted by Crippen LogP contribution is -2.46. The highest BCUT2D eigenvalue weighted by Gasteiger charge is 2.18. The van der Waals surface area contributed by atoms with Gasteiger partial charge in [-0.2, -0.15) is 0 Å². The third kappa shape index (κ3) is 4.17. The molecule has 7 heteroatoms. The number of hydrogen-bond donors (Lipinski definition) is 1. The number of aromatic nitrogens is 2. The minimum absolute atomic E-state index is 0.266. The molecule has 1 aromatic heterocycles. The fourth-order valence-electron chi connectivity index (χ4n) is 2.85. The van der Waals surface area contributed by atoms with E-state index in [0.29, 0.717) is 43.6 Å². The van der Waals surface area contributed by atoms with Crippen molar-refractivity contribution in [2.24, 2.45) is 0 Å². The summed E-state index contributed by atoms with van der Waals surface area (Å²) in [5.41, 5.74) is 2.28. The maximum Gasteiger partial charge on any atom is 0.274 e. The Morgan fingerprint density at radius 3 is 2.42 bits per heavy atom. The second-order valence-electron chi connectivity index (χ2n) is 6.62. The Kier molecular flexibility index (Phi) is 5.46. The van der Waals surface area contributed by atoms with Crippen LogP contribution in [-0.2, 0) is 4.79 Å². The van der Waals surface area contributed by atoms with Gasteiger partial charge in [-0.3, -0.25) is 9.59 Å². The van der Waals surface area contributed by atoms with Crippen LogP contribution >= 0.6 is 0 Å². The summed E-state index contributed by atoms with van der Waals surface area (Å²) in [6, 6.07) is 9.51. The molecule has 3 rings (SSSR count). The quantitative estimate of drug-likeness (QED) is 0.833. The Morgan fingerprint density at radius 1 is 1.12 bits per heavy atom. The molecular weight excluding hydrogens is 330 g/mol. The molecule has 0 radical (unpaired) electrons. The predicted molar refractivity (Wildman–Crippen MR) is 100 cm³/mol. The molecule has 0 unspecified atom stereocenters. The molecule has 1 aliphatic heterocycles. The minimum atomic E-state index is -0.266. The largest absolute Gasteiger partial charge is 0.353 e. The fourth-order valence-corrected chi connectivity index (χ4v) is 2.85. The second-order valence-corrected chi connectivity index (χ2v) is 6.62. The van der Waals surface area contributed by atoms with E-state index < -0.39 is 0 Å². The summed E-state index contributed by atoms with van der Waals surface area (Å²) in [5.74, 6) is 0.882. The highest BCUT2D eigenvalue weighted by molar-refractivity contribution is 6.03. The predicted octanol–water partition coefficient (Wildman–Crippen LogP) is 2.13. The minimum Gasteiger partial charge on any atom is -0.353 e. The number of anilines is 2. The number of carbonyl (C=O) groups is 2. The normalized spacial score (nSPS) is 14.4. The third-order valence-corrected chi connectivity index (χ3v) is 4.51. The van der Waals surface area contributed by atoms with Crippen LogP contribution in [0.1, 0.15) is 35.8 Å². The van der Waals surface area contributed by atoms with Crippen molar-refractivity contribution in [1.82, 2.24) is 14.9 Å². The van der Waals surface area contributed by atoms with Crippen LogP contribution in [0.3, 0.4) is 0 Å². The average molecular weight is 353 g/mol. The number of nitrogens with one attached hydrogen (secondary N) is 1. The summed E-state index contributed by atoms with van der Waals surface area (Å²) in [5, 5.41) is 2.87. The van der Waals surface area contributed by atoms with Crippen molar-refractivity contribution < 1.29 is 9.59 Å². The molecule has 2 amide bonds. The van der Waals surface area contributed by atoms with Crippen LogP contribution in [0.15, 0.2) is 36.7 Å². The topological polar surface area (TPSA) is 78.4 Å². The molecule has 0 aliphatic carbocycles. The van der Waals surface area contributed by atoms with E-state index >= 15 is 0 Å². The summed E-state index contributed by atoms with van der Waals surface area (Å²) in [6.45, 7) is 6.94. The van der Waals surface area contributed by atoms with Gasteiger partial charge in [-0.15, -0.1) is 0 Å². The van der Waals surface area contributed by atoms with Crippen LogP contribution in [0, 0.1) is 0 Å². The number of piperazine rings is 1. The summed E-state index contributed by atoms with van der Waals surface area (Å²) < 4.78 is 0. The standard InChI is InChI=1S/C19H23N5O2/c1-14(2)15-3-5-16(6-4-15)22-19(26)17-11-18(21-12-20-17)24-9-7-23(13-25)8-10-24/h3-6,11-14H,7-10H2,1-2H3,(H,22,26). The van der Waals surface area contributed by atoms with Gasteiger partial charge in [0.2, 0.25) is 6.41 Å². The van der Waals surface area contributed by atoms with Gasteiger partial charge in [0.25, 0.3) is 5.91 Å². The van der Waals surface area contributed by atoms with Gasteiger partial charge in [-0.05, 0) is 23.6 Å². The van der Waals surface area contributed by atoms with Crippen molar-refractivity contribution in [2.75, 3.05) is 36.4 Å². The summed E-state index contributed by atoms with van der Waals surface area (Å²) in [7, 11) is 0. The Labute approximate surface area is 153 Å². The molecule has 1 fully saturated rings. The molecule has 0 atom stereocenters. The van der Waals surface area contributed by atoms with E-state index in [0.717, 1.165) is 12.1 Å². The van der Waals surface area contributed by atoms with Crippen LogP contribution in [0.4, 0.5) is 11.5 Å². The van der Waals surface area contributed by atoms with E-state index in [4.69, 9.17) is 0 Å². The Bertz CT molecular complexity index is 768. The molecule has 2 aromatic rings. The number of benzene rings is 1. The van der Waals surface area contributed by atoms with Crippen molar-refractivity contribution >= 4 is 23.8 Å². The molecule has 26 heavy (non-hydrogen) atoms. The first-order chi connectivity index (χ1) is 12.6. The van der Waals surface area contributed by atoms with E-state index in [2.05, 4.69) is 34.0 Å². The molecule has 0 bridgehead atoms. The molecule has 136 valence electrons. The van der Waals surface area contributed by atoms with E-state index in [9.17, 15) is 9.59 Å². The zero-order valence-corrected chi connectivity index (χ0v) is 15.1. The van der Waals surface area contributed by atoms with Crippen molar-refractivity contribution in [3.63, 3.8) is 0 Å². The lowest BCUT2D eigenvalue weighted by atomic mass is 10.0. The number of rotatable bonds is 5. The zero-order valence-electron chi connectivity index (χ0n) is 15.1. The van der Waals surface area contributed by atoms with Gasteiger partial charge in [0.15, 0.2) is 0 Å². The smallest absolute Gasteiger partial charge is 0.274 e. The van der Waals surface area contributed by atoms with Gasteiger partial charge < -0.3 is 15.1 Å². The molecular formula is C19H23N5O2. The maximum absolute atomic E-state index is 12.5. The lowest BCUT2D eigenvalue weighted by molar-refractivity contribution is -0.118. The highest BCUT2D eigenvalue weighted by Crippen LogP contribution is 2.18.